The van der Waals surface area contributed by atoms with Crippen LogP contribution in [0.3, 0.4) is 0 Å². The highest BCUT2D eigenvalue weighted by atomic mass is 79.9. The Balaban J connectivity index is 1.98. The molecule has 2 heteroatoms. The SMILES string of the molecule is Brc1cccc(C=C[Si](c2ccccc2)(c2ccccc2)c2ccccc2)c1. The van der Waals surface area contributed by atoms with Crippen LogP contribution in [0, 0.1) is 0 Å². The first-order valence-corrected chi connectivity index (χ1v) is 12.3. The van der Waals surface area contributed by atoms with Crippen molar-refractivity contribution in [2.24, 2.45) is 0 Å². The molecule has 0 saturated heterocycles. The van der Waals surface area contributed by atoms with E-state index in [0.29, 0.717) is 0 Å². The van der Waals surface area contributed by atoms with E-state index in [4.69, 9.17) is 0 Å². The van der Waals surface area contributed by atoms with Gasteiger partial charge in [0.2, 0.25) is 0 Å². The molecule has 4 rings (SSSR count). The summed E-state index contributed by atoms with van der Waals surface area (Å²) in [5, 5.41) is 4.16. The molecule has 0 fully saturated rings. The first-order chi connectivity index (χ1) is 13.8. The van der Waals surface area contributed by atoms with Gasteiger partial charge in [-0.2, -0.15) is 0 Å². The van der Waals surface area contributed by atoms with Crippen LogP contribution in [0.1, 0.15) is 5.56 Å². The van der Waals surface area contributed by atoms with Crippen molar-refractivity contribution in [3.05, 3.63) is 131 Å². The molecule has 0 atom stereocenters. The minimum atomic E-state index is -2.32. The fourth-order valence-corrected chi connectivity index (χ4v) is 8.31. The largest absolute Gasteiger partial charge is 0.172 e. The molecule has 0 heterocycles. The molecule has 4 aromatic rings. The predicted octanol–water partition coefficient (Wildman–Crippen LogP) is 5.17. The zero-order chi connectivity index (χ0) is 19.2. The van der Waals surface area contributed by atoms with E-state index < -0.39 is 8.07 Å². The Bertz CT molecular complexity index is 960. The molecule has 0 nitrogen and oxygen atoms in total. The van der Waals surface area contributed by atoms with E-state index in [1.54, 1.807) is 0 Å². The van der Waals surface area contributed by atoms with E-state index in [0.717, 1.165) is 4.47 Å². The maximum absolute atomic E-state index is 3.59. The zero-order valence-electron chi connectivity index (χ0n) is 15.5. The van der Waals surface area contributed by atoms with Crippen LogP contribution in [-0.4, -0.2) is 8.07 Å². The van der Waals surface area contributed by atoms with Crippen molar-refractivity contribution in [2.45, 2.75) is 0 Å². The topological polar surface area (TPSA) is 0 Å². The van der Waals surface area contributed by atoms with Crippen LogP contribution in [0.25, 0.3) is 6.08 Å². The molecule has 0 aromatic heterocycles. The van der Waals surface area contributed by atoms with Crippen LogP contribution in [0.5, 0.6) is 0 Å². The van der Waals surface area contributed by atoms with Crippen LogP contribution in [-0.2, 0) is 0 Å². The predicted molar refractivity (Wildman–Crippen MR) is 127 cm³/mol. The molecule has 0 spiro atoms. The standard InChI is InChI=1S/C26H21BrSi/c27-23-12-10-11-22(21-23)19-20-28(24-13-4-1-5-14-24,25-15-6-2-7-16-25)26-17-8-3-9-18-26/h1-21H. The minimum Gasteiger partial charge on any atom is -0.0812 e. The third kappa shape index (κ3) is 3.80. The second-order valence-electron chi connectivity index (χ2n) is 6.79. The molecule has 4 aromatic carbocycles. The highest BCUT2D eigenvalue weighted by Crippen LogP contribution is 2.16. The normalized spacial score (nSPS) is 11.6. The lowest BCUT2D eigenvalue weighted by atomic mass is 10.2. The molecule has 0 bridgehead atoms. The number of rotatable bonds is 5. The lowest BCUT2D eigenvalue weighted by Crippen LogP contribution is -2.66. The van der Waals surface area contributed by atoms with E-state index >= 15 is 0 Å². The van der Waals surface area contributed by atoms with Crippen molar-refractivity contribution < 1.29 is 0 Å². The van der Waals surface area contributed by atoms with Crippen molar-refractivity contribution in [3.63, 3.8) is 0 Å². The van der Waals surface area contributed by atoms with Crippen molar-refractivity contribution in [2.75, 3.05) is 0 Å². The second kappa shape index (κ2) is 8.55. The molecule has 0 amide bonds. The summed E-state index contributed by atoms with van der Waals surface area (Å²) in [6.07, 6.45) is 2.28. The van der Waals surface area contributed by atoms with Gasteiger partial charge in [0.1, 0.15) is 0 Å². The lowest BCUT2D eigenvalue weighted by Gasteiger charge is -2.30. The van der Waals surface area contributed by atoms with Crippen LogP contribution >= 0.6 is 15.9 Å². The Hall–Kier alpha value is -2.68. The Kier molecular flexibility index (Phi) is 5.70. The lowest BCUT2D eigenvalue weighted by molar-refractivity contribution is 1.61. The minimum absolute atomic E-state index is 1.10. The monoisotopic (exact) mass is 440 g/mol. The fraction of sp³-hybridized carbons (Fsp3) is 0. The van der Waals surface area contributed by atoms with E-state index in [9.17, 15) is 0 Å². The molecule has 0 N–H and O–H groups in total. The fourth-order valence-electron chi connectivity index (χ4n) is 3.72. The molecular weight excluding hydrogens is 420 g/mol. The van der Waals surface area contributed by atoms with Crippen molar-refractivity contribution >= 4 is 45.6 Å². The Morgan fingerprint density at radius 3 is 1.43 bits per heavy atom. The van der Waals surface area contributed by atoms with Gasteiger partial charge in [-0.15, -0.1) is 0 Å². The molecular formula is C26H21BrSi. The maximum Gasteiger partial charge on any atom is 0.172 e. The molecule has 28 heavy (non-hydrogen) atoms. The van der Waals surface area contributed by atoms with Gasteiger partial charge in [-0.25, -0.2) is 0 Å². The van der Waals surface area contributed by atoms with Gasteiger partial charge in [0, 0.05) is 4.47 Å². The van der Waals surface area contributed by atoms with Crippen molar-refractivity contribution in [3.8, 4) is 0 Å². The van der Waals surface area contributed by atoms with Gasteiger partial charge in [-0.3, -0.25) is 0 Å². The molecule has 136 valence electrons. The molecule has 0 unspecified atom stereocenters. The van der Waals surface area contributed by atoms with E-state index in [1.807, 2.05) is 0 Å². The van der Waals surface area contributed by atoms with Gasteiger partial charge >= 0.3 is 0 Å². The first kappa shape index (κ1) is 18.7. The number of hydrogen-bond donors (Lipinski definition) is 0. The summed E-state index contributed by atoms with van der Waals surface area (Å²) in [6, 6.07) is 41.3. The van der Waals surface area contributed by atoms with Gasteiger partial charge in [0.05, 0.1) is 0 Å². The van der Waals surface area contributed by atoms with Crippen LogP contribution in [0.4, 0.5) is 0 Å². The van der Waals surface area contributed by atoms with Crippen LogP contribution < -0.4 is 15.6 Å². The number of hydrogen-bond acceptors (Lipinski definition) is 0. The quantitative estimate of drug-likeness (QED) is 0.296. The summed E-state index contributed by atoms with van der Waals surface area (Å²) in [4.78, 5) is 0. The number of benzene rings is 4. The first-order valence-electron chi connectivity index (χ1n) is 9.40. The van der Waals surface area contributed by atoms with Gasteiger partial charge in [0.15, 0.2) is 8.07 Å². The summed E-state index contributed by atoms with van der Waals surface area (Å²) in [5.74, 6) is 0. The molecule has 0 aliphatic heterocycles. The van der Waals surface area contributed by atoms with Crippen LogP contribution in [0.2, 0.25) is 0 Å². The molecule has 0 saturated carbocycles. The van der Waals surface area contributed by atoms with E-state index in [2.05, 4.69) is 143 Å². The maximum atomic E-state index is 3.59. The Morgan fingerprint density at radius 2 is 1.00 bits per heavy atom. The van der Waals surface area contributed by atoms with E-state index in [-0.39, 0.29) is 0 Å². The number of halogens is 1. The highest BCUT2D eigenvalue weighted by molar-refractivity contribution is 9.10. The summed E-state index contributed by atoms with van der Waals surface area (Å²) < 4.78 is 1.10. The smallest absolute Gasteiger partial charge is 0.0812 e. The Labute approximate surface area is 176 Å². The van der Waals surface area contributed by atoms with Crippen LogP contribution in [0.15, 0.2) is 125 Å². The van der Waals surface area contributed by atoms with Crippen molar-refractivity contribution in [1.82, 2.24) is 0 Å². The second-order valence-corrected chi connectivity index (χ2v) is 11.4. The molecule has 0 aliphatic carbocycles. The highest BCUT2D eigenvalue weighted by Gasteiger charge is 2.36. The van der Waals surface area contributed by atoms with Gasteiger partial charge < -0.3 is 0 Å². The zero-order valence-corrected chi connectivity index (χ0v) is 18.1. The van der Waals surface area contributed by atoms with Crippen molar-refractivity contribution in [1.29, 1.82) is 0 Å². The molecule has 0 aliphatic rings. The van der Waals surface area contributed by atoms with Gasteiger partial charge in [-0.1, -0.05) is 131 Å². The summed E-state index contributed by atoms with van der Waals surface area (Å²) in [7, 11) is -2.32. The summed E-state index contributed by atoms with van der Waals surface area (Å²) >= 11 is 3.59. The average molecular weight is 441 g/mol. The Morgan fingerprint density at radius 1 is 0.536 bits per heavy atom. The van der Waals surface area contributed by atoms with E-state index in [1.165, 1.54) is 21.1 Å². The summed E-state index contributed by atoms with van der Waals surface area (Å²) in [6.45, 7) is 0. The van der Waals surface area contributed by atoms with Gasteiger partial charge in [-0.05, 0) is 33.3 Å². The third-order valence-electron chi connectivity index (χ3n) is 5.06. The third-order valence-corrected chi connectivity index (χ3v) is 9.95. The average Bonchev–Trinajstić information content (AvgIpc) is 2.77. The summed E-state index contributed by atoms with van der Waals surface area (Å²) in [5.41, 5.74) is 3.67. The molecule has 0 radical (unpaired) electrons. The van der Waals surface area contributed by atoms with Gasteiger partial charge in [0.25, 0.3) is 0 Å².